The summed E-state index contributed by atoms with van der Waals surface area (Å²) in [5.74, 6) is -0.375. The van der Waals surface area contributed by atoms with Crippen LogP contribution >= 0.6 is 0 Å². The third-order valence-corrected chi connectivity index (χ3v) is 3.73. The lowest BCUT2D eigenvalue weighted by Gasteiger charge is -2.09. The third kappa shape index (κ3) is 3.93. The van der Waals surface area contributed by atoms with E-state index < -0.39 is 5.91 Å². The summed E-state index contributed by atoms with van der Waals surface area (Å²) in [6, 6.07) is 10.3. The second kappa shape index (κ2) is 7.85. The summed E-state index contributed by atoms with van der Waals surface area (Å²) in [6.07, 6.45) is 0. The Labute approximate surface area is 148 Å². The van der Waals surface area contributed by atoms with Crippen molar-refractivity contribution in [3.63, 3.8) is 0 Å². The molecule has 0 atom stereocenters. The van der Waals surface area contributed by atoms with Crippen molar-refractivity contribution in [3.8, 4) is 11.5 Å². The minimum Gasteiger partial charge on any atom is -0.419 e. The second-order valence-corrected chi connectivity index (χ2v) is 5.50. The first-order chi connectivity index (χ1) is 12.6. The fourth-order valence-corrected chi connectivity index (χ4v) is 2.38. The number of aromatic nitrogens is 2. The van der Waals surface area contributed by atoms with Crippen molar-refractivity contribution in [3.05, 3.63) is 70.9 Å². The molecule has 1 amide bonds. The van der Waals surface area contributed by atoms with Crippen LogP contribution in [0.4, 0.5) is 4.39 Å². The van der Waals surface area contributed by atoms with E-state index in [4.69, 9.17) is 9.52 Å². The second-order valence-electron chi connectivity index (χ2n) is 5.50. The van der Waals surface area contributed by atoms with Crippen molar-refractivity contribution in [1.82, 2.24) is 15.5 Å². The van der Waals surface area contributed by atoms with E-state index in [0.717, 1.165) is 0 Å². The molecule has 0 spiro atoms. The molecule has 0 aliphatic rings. The van der Waals surface area contributed by atoms with Crippen LogP contribution in [0.3, 0.4) is 0 Å². The van der Waals surface area contributed by atoms with E-state index >= 15 is 0 Å². The van der Waals surface area contributed by atoms with Crippen molar-refractivity contribution in [2.24, 2.45) is 0 Å². The fourth-order valence-electron chi connectivity index (χ4n) is 2.38. The first-order valence-corrected chi connectivity index (χ1v) is 7.80. The molecule has 0 unspecified atom stereocenters. The smallest absolute Gasteiger partial charge is 0.252 e. The Balaban J connectivity index is 1.68. The summed E-state index contributed by atoms with van der Waals surface area (Å²) in [6.45, 7) is -0.505. The third-order valence-electron chi connectivity index (χ3n) is 3.73. The van der Waals surface area contributed by atoms with E-state index in [1.807, 2.05) is 0 Å². The zero-order valence-corrected chi connectivity index (χ0v) is 13.6. The summed E-state index contributed by atoms with van der Waals surface area (Å²) in [5, 5.41) is 28.9. The van der Waals surface area contributed by atoms with Gasteiger partial charge in [-0.3, -0.25) is 4.79 Å². The van der Waals surface area contributed by atoms with Crippen molar-refractivity contribution >= 4 is 5.91 Å². The van der Waals surface area contributed by atoms with Crippen LogP contribution in [0.2, 0.25) is 0 Å². The van der Waals surface area contributed by atoms with Crippen molar-refractivity contribution < 1.29 is 23.8 Å². The molecule has 3 N–H and O–H groups in total. The fraction of sp³-hybridized carbons (Fsp3) is 0.167. The Morgan fingerprint density at radius 1 is 1.08 bits per heavy atom. The van der Waals surface area contributed by atoms with Crippen LogP contribution in [0.1, 0.15) is 27.4 Å². The summed E-state index contributed by atoms with van der Waals surface area (Å²) < 4.78 is 18.4. The van der Waals surface area contributed by atoms with Gasteiger partial charge in [0.25, 0.3) is 5.91 Å². The molecule has 0 aliphatic heterocycles. The van der Waals surface area contributed by atoms with Crippen LogP contribution < -0.4 is 5.32 Å². The highest BCUT2D eigenvalue weighted by molar-refractivity contribution is 5.95. The number of carbonyl (C=O) groups is 1. The molecule has 26 heavy (non-hydrogen) atoms. The molecule has 7 nitrogen and oxygen atoms in total. The molecule has 0 fully saturated rings. The summed E-state index contributed by atoms with van der Waals surface area (Å²) in [7, 11) is 0. The van der Waals surface area contributed by atoms with E-state index in [-0.39, 0.29) is 37.4 Å². The number of rotatable bonds is 6. The topological polar surface area (TPSA) is 108 Å². The van der Waals surface area contributed by atoms with Gasteiger partial charge in [-0.05, 0) is 41.5 Å². The van der Waals surface area contributed by atoms with Gasteiger partial charge in [-0.15, -0.1) is 10.2 Å². The number of aliphatic hydroxyl groups is 2. The normalized spacial score (nSPS) is 10.7. The Bertz CT molecular complexity index is 909. The molecule has 0 saturated carbocycles. The largest absolute Gasteiger partial charge is 0.419 e. The average molecular weight is 357 g/mol. The molecule has 0 bridgehead atoms. The number of benzene rings is 2. The molecule has 3 aromatic rings. The lowest BCUT2D eigenvalue weighted by Crippen LogP contribution is -2.24. The van der Waals surface area contributed by atoms with Crippen LogP contribution in [0, 0.1) is 5.82 Å². The van der Waals surface area contributed by atoms with E-state index in [1.165, 1.54) is 30.3 Å². The summed E-state index contributed by atoms with van der Waals surface area (Å²) >= 11 is 0. The molecule has 8 heteroatoms. The van der Waals surface area contributed by atoms with Crippen LogP contribution in [-0.4, -0.2) is 26.3 Å². The summed E-state index contributed by atoms with van der Waals surface area (Å²) in [4.78, 5) is 12.3. The Hall–Kier alpha value is -3.10. The number of amides is 1. The van der Waals surface area contributed by atoms with Crippen molar-refractivity contribution in [2.75, 3.05) is 0 Å². The van der Waals surface area contributed by atoms with Crippen LogP contribution in [0.15, 0.2) is 46.9 Å². The monoisotopic (exact) mass is 357 g/mol. The maximum absolute atomic E-state index is 12.9. The van der Waals surface area contributed by atoms with E-state index in [1.54, 1.807) is 12.1 Å². The van der Waals surface area contributed by atoms with Gasteiger partial charge < -0.3 is 19.9 Å². The molecular formula is C18H16FN3O4. The zero-order chi connectivity index (χ0) is 18.5. The van der Waals surface area contributed by atoms with Gasteiger partial charge in [0.05, 0.1) is 19.8 Å². The highest BCUT2D eigenvalue weighted by Crippen LogP contribution is 2.18. The van der Waals surface area contributed by atoms with Gasteiger partial charge in [0, 0.05) is 11.1 Å². The number of carbonyl (C=O) groups excluding carboxylic acids is 1. The molecule has 0 radical (unpaired) electrons. The zero-order valence-electron chi connectivity index (χ0n) is 13.6. The van der Waals surface area contributed by atoms with Crippen molar-refractivity contribution in [2.45, 2.75) is 19.8 Å². The number of nitrogens with one attached hydrogen (secondary N) is 1. The molecule has 1 heterocycles. The number of aliphatic hydroxyl groups excluding tert-OH is 2. The Morgan fingerprint density at radius 2 is 1.85 bits per heavy atom. The summed E-state index contributed by atoms with van der Waals surface area (Å²) in [5.41, 5.74) is 1.87. The first-order valence-electron chi connectivity index (χ1n) is 7.80. The lowest BCUT2D eigenvalue weighted by atomic mass is 10.0. The van der Waals surface area contributed by atoms with Crippen molar-refractivity contribution in [1.29, 1.82) is 0 Å². The lowest BCUT2D eigenvalue weighted by molar-refractivity contribution is 0.0944. The predicted molar refractivity (Wildman–Crippen MR) is 89.1 cm³/mol. The van der Waals surface area contributed by atoms with Gasteiger partial charge in [0.15, 0.2) is 0 Å². The average Bonchev–Trinajstić information content (AvgIpc) is 3.15. The molecule has 134 valence electrons. The maximum atomic E-state index is 12.9. The van der Waals surface area contributed by atoms with Crippen LogP contribution in [-0.2, 0) is 19.8 Å². The quantitative estimate of drug-likeness (QED) is 0.621. The standard InChI is InChI=1S/C18H16FN3O4/c19-14-4-2-12(3-5-14)18-22-21-16(26-18)8-20-17(25)15-6-1-11(9-23)7-13(15)10-24/h1-7,23-24H,8-10H2,(H,20,25). The van der Waals surface area contributed by atoms with Gasteiger partial charge >= 0.3 is 0 Å². The molecule has 2 aromatic carbocycles. The molecular weight excluding hydrogens is 341 g/mol. The minimum atomic E-state index is -0.417. The van der Waals surface area contributed by atoms with Gasteiger partial charge in [-0.25, -0.2) is 4.39 Å². The number of nitrogens with zero attached hydrogens (tertiary/aromatic N) is 2. The highest BCUT2D eigenvalue weighted by Gasteiger charge is 2.14. The van der Waals surface area contributed by atoms with Gasteiger partial charge in [0.1, 0.15) is 5.82 Å². The SMILES string of the molecule is O=C(NCc1nnc(-c2ccc(F)cc2)o1)c1ccc(CO)cc1CO. The number of halogens is 1. The highest BCUT2D eigenvalue weighted by atomic mass is 19.1. The molecule has 0 aliphatic carbocycles. The van der Waals surface area contributed by atoms with Crippen LogP contribution in [0.25, 0.3) is 11.5 Å². The number of hydrogen-bond acceptors (Lipinski definition) is 6. The minimum absolute atomic E-state index is 0.000349. The Morgan fingerprint density at radius 3 is 2.54 bits per heavy atom. The number of hydrogen-bond donors (Lipinski definition) is 3. The predicted octanol–water partition coefficient (Wildman–Crippen LogP) is 1.79. The molecule has 0 saturated heterocycles. The van der Waals surface area contributed by atoms with Gasteiger partial charge in [0.2, 0.25) is 11.8 Å². The molecule has 1 aromatic heterocycles. The van der Waals surface area contributed by atoms with Crippen LogP contribution in [0.5, 0.6) is 0 Å². The first kappa shape index (κ1) is 17.7. The molecule has 3 rings (SSSR count). The van der Waals surface area contributed by atoms with E-state index in [9.17, 15) is 14.3 Å². The Kier molecular flexibility index (Phi) is 5.35. The maximum Gasteiger partial charge on any atom is 0.252 e. The van der Waals surface area contributed by atoms with Gasteiger partial charge in [-0.1, -0.05) is 12.1 Å². The van der Waals surface area contributed by atoms with E-state index in [2.05, 4.69) is 15.5 Å². The van der Waals surface area contributed by atoms with E-state index in [0.29, 0.717) is 22.3 Å². The van der Waals surface area contributed by atoms with Gasteiger partial charge in [-0.2, -0.15) is 0 Å².